The van der Waals surface area contributed by atoms with Crippen molar-refractivity contribution in [2.45, 2.75) is 33.1 Å². The van der Waals surface area contributed by atoms with Crippen molar-refractivity contribution in [1.82, 2.24) is 10.6 Å². The highest BCUT2D eigenvalue weighted by atomic mass is 16.7. The molecule has 0 aromatic heterocycles. The molecule has 0 aromatic carbocycles. The first-order chi connectivity index (χ1) is 7.13. The van der Waals surface area contributed by atoms with Crippen LogP contribution in [-0.2, 0) is 0 Å². The predicted octanol–water partition coefficient (Wildman–Crippen LogP) is 1.17. The lowest BCUT2D eigenvalue weighted by molar-refractivity contribution is -0.485. The minimum Gasteiger partial charge on any atom is -0.354 e. The van der Waals surface area contributed by atoms with Gasteiger partial charge in [0.05, 0.1) is 0 Å². The molecule has 0 aliphatic rings. The Balaban J connectivity index is 4.03. The van der Waals surface area contributed by atoms with Crippen molar-refractivity contribution in [2.24, 2.45) is 11.0 Å². The minimum atomic E-state index is -0.709. The summed E-state index contributed by atoms with van der Waals surface area (Å²) in [5.74, 6) is 0.759. The smallest absolute Gasteiger partial charge is 0.268 e. The second-order valence-electron chi connectivity index (χ2n) is 3.38. The molecule has 0 bridgehead atoms. The first kappa shape index (κ1) is 13.7. The van der Waals surface area contributed by atoms with Crippen LogP contribution in [0.3, 0.4) is 0 Å². The van der Waals surface area contributed by atoms with E-state index in [1.807, 2.05) is 0 Å². The van der Waals surface area contributed by atoms with E-state index in [9.17, 15) is 10.1 Å². The predicted molar refractivity (Wildman–Crippen MR) is 60.2 cm³/mol. The fraction of sp³-hybridized carbons (Fsp3) is 0.889. The molecule has 0 radical (unpaired) electrons. The Morgan fingerprint density at radius 3 is 2.60 bits per heavy atom. The summed E-state index contributed by atoms with van der Waals surface area (Å²) in [6.45, 7) is 4.97. The average Bonchev–Trinajstić information content (AvgIpc) is 2.21. The summed E-state index contributed by atoms with van der Waals surface area (Å²) >= 11 is 0. The Morgan fingerprint density at radius 1 is 1.53 bits per heavy atom. The van der Waals surface area contributed by atoms with Crippen molar-refractivity contribution in [3.8, 4) is 0 Å². The lowest BCUT2D eigenvalue weighted by atomic mass is 10.0. The molecule has 0 aromatic rings. The van der Waals surface area contributed by atoms with E-state index in [0.29, 0.717) is 5.92 Å². The van der Waals surface area contributed by atoms with Gasteiger partial charge in [-0.25, -0.2) is 10.1 Å². The SMILES string of the molecule is CCCC(CC)CN/C(=N/[N+](=O)[O-])NC. The summed E-state index contributed by atoms with van der Waals surface area (Å²) in [4.78, 5) is 10.1. The molecule has 15 heavy (non-hydrogen) atoms. The maximum absolute atomic E-state index is 10.1. The van der Waals surface area contributed by atoms with Crippen molar-refractivity contribution < 1.29 is 5.03 Å². The summed E-state index contributed by atoms with van der Waals surface area (Å²) in [7, 11) is 1.61. The molecule has 88 valence electrons. The number of nitro groups is 1. The van der Waals surface area contributed by atoms with Crippen LogP contribution in [0.1, 0.15) is 33.1 Å². The molecule has 0 aliphatic heterocycles. The summed E-state index contributed by atoms with van der Waals surface area (Å²) in [5.41, 5.74) is 0. The highest BCUT2D eigenvalue weighted by molar-refractivity contribution is 5.78. The molecular formula is C9H20N4O2. The number of guanidine groups is 1. The van der Waals surface area contributed by atoms with Crippen LogP contribution in [-0.4, -0.2) is 24.6 Å². The zero-order valence-electron chi connectivity index (χ0n) is 9.62. The third-order valence-electron chi connectivity index (χ3n) is 2.25. The van der Waals surface area contributed by atoms with Crippen LogP contribution >= 0.6 is 0 Å². The van der Waals surface area contributed by atoms with Gasteiger partial charge in [-0.15, -0.1) is 0 Å². The molecule has 0 saturated carbocycles. The summed E-state index contributed by atoms with van der Waals surface area (Å²) in [5, 5.41) is 18.2. The second kappa shape index (κ2) is 8.02. The maximum Gasteiger partial charge on any atom is 0.268 e. The Kier molecular flexibility index (Phi) is 7.31. The molecule has 2 N–H and O–H groups in total. The molecule has 1 unspecified atom stereocenters. The Labute approximate surface area is 90.3 Å². The lowest BCUT2D eigenvalue weighted by Gasteiger charge is -2.14. The van der Waals surface area contributed by atoms with Gasteiger partial charge in [-0.2, -0.15) is 0 Å². The third kappa shape index (κ3) is 6.70. The molecule has 0 aliphatic carbocycles. The molecule has 1 atom stereocenters. The number of hydrogen-bond donors (Lipinski definition) is 2. The topological polar surface area (TPSA) is 79.6 Å². The average molecular weight is 216 g/mol. The molecule has 0 fully saturated rings. The Hall–Kier alpha value is -1.33. The maximum atomic E-state index is 10.1. The van der Waals surface area contributed by atoms with Gasteiger partial charge in [0.25, 0.3) is 5.96 Å². The fourth-order valence-electron chi connectivity index (χ4n) is 1.36. The van der Waals surface area contributed by atoms with Gasteiger partial charge >= 0.3 is 0 Å². The highest BCUT2D eigenvalue weighted by Crippen LogP contribution is 2.08. The van der Waals surface area contributed by atoms with Crippen LogP contribution in [0.2, 0.25) is 0 Å². The van der Waals surface area contributed by atoms with Crippen molar-refractivity contribution in [3.05, 3.63) is 10.1 Å². The summed E-state index contributed by atoms with van der Waals surface area (Å²) in [6.07, 6.45) is 3.32. The number of rotatable bonds is 6. The molecule has 0 amide bonds. The van der Waals surface area contributed by atoms with E-state index in [-0.39, 0.29) is 5.96 Å². The zero-order valence-corrected chi connectivity index (χ0v) is 9.62. The zero-order chi connectivity index (χ0) is 11.7. The van der Waals surface area contributed by atoms with Gasteiger partial charge in [-0.05, 0) is 12.3 Å². The Morgan fingerprint density at radius 2 is 2.20 bits per heavy atom. The van der Waals surface area contributed by atoms with E-state index in [2.05, 4.69) is 29.6 Å². The minimum absolute atomic E-state index is 0.217. The molecule has 0 heterocycles. The number of nitrogens with one attached hydrogen (secondary N) is 2. The van der Waals surface area contributed by atoms with Gasteiger partial charge in [0, 0.05) is 13.6 Å². The normalized spacial score (nSPS) is 13.4. The van der Waals surface area contributed by atoms with Crippen molar-refractivity contribution in [2.75, 3.05) is 13.6 Å². The van der Waals surface area contributed by atoms with E-state index >= 15 is 0 Å². The summed E-state index contributed by atoms with van der Waals surface area (Å²) in [6, 6.07) is 0. The molecule has 0 spiro atoms. The van der Waals surface area contributed by atoms with Gasteiger partial charge in [0.15, 0.2) is 5.03 Å². The molecule has 6 heteroatoms. The third-order valence-corrected chi connectivity index (χ3v) is 2.25. The van der Waals surface area contributed by atoms with Crippen molar-refractivity contribution in [3.63, 3.8) is 0 Å². The molecule has 0 rings (SSSR count). The van der Waals surface area contributed by atoms with Crippen LogP contribution in [0.5, 0.6) is 0 Å². The van der Waals surface area contributed by atoms with Crippen molar-refractivity contribution in [1.29, 1.82) is 0 Å². The van der Waals surface area contributed by atoms with Crippen LogP contribution in [0.15, 0.2) is 5.10 Å². The van der Waals surface area contributed by atoms with Gasteiger partial charge in [-0.1, -0.05) is 26.7 Å². The monoisotopic (exact) mass is 216 g/mol. The first-order valence-electron chi connectivity index (χ1n) is 5.28. The fourth-order valence-corrected chi connectivity index (χ4v) is 1.36. The van der Waals surface area contributed by atoms with E-state index < -0.39 is 5.03 Å². The van der Waals surface area contributed by atoms with Crippen LogP contribution in [0.25, 0.3) is 0 Å². The quantitative estimate of drug-likeness (QED) is 0.302. The second-order valence-corrected chi connectivity index (χ2v) is 3.38. The molecular weight excluding hydrogens is 196 g/mol. The number of hydrogen-bond acceptors (Lipinski definition) is 2. The molecule has 6 nitrogen and oxygen atoms in total. The lowest BCUT2D eigenvalue weighted by Crippen LogP contribution is -2.38. The van der Waals surface area contributed by atoms with Crippen LogP contribution < -0.4 is 10.6 Å². The van der Waals surface area contributed by atoms with Gasteiger partial charge in [0.2, 0.25) is 0 Å². The highest BCUT2D eigenvalue weighted by Gasteiger charge is 2.07. The van der Waals surface area contributed by atoms with Crippen LogP contribution in [0, 0.1) is 16.0 Å². The number of hydrazone groups is 1. The van der Waals surface area contributed by atoms with E-state index in [0.717, 1.165) is 25.8 Å². The van der Waals surface area contributed by atoms with E-state index in [1.54, 1.807) is 7.05 Å². The van der Waals surface area contributed by atoms with E-state index in [1.165, 1.54) is 0 Å². The summed E-state index contributed by atoms with van der Waals surface area (Å²) < 4.78 is 0. The van der Waals surface area contributed by atoms with Gasteiger partial charge in [-0.3, -0.25) is 0 Å². The van der Waals surface area contributed by atoms with Gasteiger partial charge < -0.3 is 10.6 Å². The largest absolute Gasteiger partial charge is 0.354 e. The molecule has 0 saturated heterocycles. The van der Waals surface area contributed by atoms with Crippen molar-refractivity contribution >= 4 is 5.96 Å². The number of nitrogens with zero attached hydrogens (tertiary/aromatic N) is 2. The van der Waals surface area contributed by atoms with E-state index in [4.69, 9.17) is 0 Å². The standard InChI is InChI=1S/C9H20N4O2/c1-4-6-8(5-2)7-11-9(10-3)12-13(14)15/h8H,4-7H2,1-3H3,(H2,10,11,12). The first-order valence-corrected chi connectivity index (χ1v) is 5.28. The Bertz CT molecular complexity index is 218. The van der Waals surface area contributed by atoms with Gasteiger partial charge in [0.1, 0.15) is 5.10 Å². The van der Waals surface area contributed by atoms with Crippen LogP contribution in [0.4, 0.5) is 0 Å².